The SMILES string of the molecule is CCCN1C[C@H](C)[C@@H](O)[C@](C)(O)[C@@H](CC)OC(=O)[C@H](C)[C@H](O[C@@H]2C[C@](C)(OC)[C@@](O)(CN3CCNCC3)[C@H](C)O2)[C@H](C)[C@@H](O[C@@H]2O[C@H](C)C[C@H](N(C)C)[C@H]2O)C(C)(C)C[C@H]1C. The van der Waals surface area contributed by atoms with Gasteiger partial charge in [0.1, 0.15) is 29.0 Å². The average molecular weight is 873 g/mol. The summed E-state index contributed by atoms with van der Waals surface area (Å²) in [5.74, 6) is -2.40. The van der Waals surface area contributed by atoms with Crippen molar-refractivity contribution in [1.82, 2.24) is 20.0 Å². The Labute approximate surface area is 368 Å². The predicted molar refractivity (Wildman–Crippen MR) is 235 cm³/mol. The molecule has 0 aromatic heterocycles. The van der Waals surface area contributed by atoms with Crippen molar-refractivity contribution in [3.63, 3.8) is 0 Å². The van der Waals surface area contributed by atoms with E-state index in [0.29, 0.717) is 25.9 Å². The van der Waals surface area contributed by atoms with Gasteiger partial charge in [-0.2, -0.15) is 0 Å². The van der Waals surface area contributed by atoms with Gasteiger partial charge >= 0.3 is 5.97 Å². The standard InChI is InChI=1S/C46H88N4O11/c1-16-20-50-26-28(3)39(52)45(12,54)35(17-2)59-41(53)32(7)38(60-36-25-44(11,56-15)46(55,33(8)58-36)27-49-21-18-47-19-22-49)31(6)40(43(9,10)24-29(50)4)61-42-37(51)34(48(13)14)23-30(5)57-42/h28-40,42,47,51-52,54-55H,16-27H2,1-15H3/t28-,29+,30+,31-,32+,33-,34-,35+,36+,37+,38+,39+,40+,42-,44-,45+,46+/m0/s1. The van der Waals surface area contributed by atoms with Crippen molar-refractivity contribution in [2.24, 2.45) is 23.2 Å². The Bertz CT molecular complexity index is 1370. The fourth-order valence-electron chi connectivity index (χ4n) is 11.0. The van der Waals surface area contributed by atoms with Gasteiger partial charge < -0.3 is 64.0 Å². The molecule has 4 rings (SSSR count). The second-order valence-corrected chi connectivity index (χ2v) is 20.7. The molecule has 4 aliphatic heterocycles. The lowest BCUT2D eigenvalue weighted by Crippen LogP contribution is -2.71. The lowest BCUT2D eigenvalue weighted by Gasteiger charge is -2.55. The van der Waals surface area contributed by atoms with Crippen LogP contribution in [-0.4, -0.2) is 192 Å². The molecule has 0 aromatic rings. The zero-order chi connectivity index (χ0) is 45.8. The molecule has 4 saturated heterocycles. The molecule has 15 heteroatoms. The first-order valence-electron chi connectivity index (χ1n) is 23.4. The number of β-amino-alcohol motifs (C(OH)–C–C–N with tert-alkyl or cyclic N) is 1. The van der Waals surface area contributed by atoms with Crippen LogP contribution < -0.4 is 5.32 Å². The van der Waals surface area contributed by atoms with E-state index in [4.69, 9.17) is 28.4 Å². The number of piperazine rings is 1. The zero-order valence-electron chi connectivity index (χ0n) is 40.6. The van der Waals surface area contributed by atoms with Gasteiger partial charge in [-0.15, -0.1) is 0 Å². The van der Waals surface area contributed by atoms with Gasteiger partial charge in [-0.1, -0.05) is 41.5 Å². The molecule has 4 aliphatic rings. The maximum absolute atomic E-state index is 14.6. The number of aliphatic hydroxyl groups excluding tert-OH is 2. The minimum absolute atomic E-state index is 0.0126. The zero-order valence-corrected chi connectivity index (χ0v) is 40.6. The summed E-state index contributed by atoms with van der Waals surface area (Å²) in [6.07, 6.45) is -4.83. The van der Waals surface area contributed by atoms with Crippen LogP contribution in [0.4, 0.5) is 0 Å². The van der Waals surface area contributed by atoms with Crippen LogP contribution in [-0.2, 0) is 33.2 Å². The highest BCUT2D eigenvalue weighted by atomic mass is 16.7. The van der Waals surface area contributed by atoms with Crippen LogP contribution in [0.25, 0.3) is 0 Å². The van der Waals surface area contributed by atoms with Gasteiger partial charge in [-0.05, 0) is 99.2 Å². The van der Waals surface area contributed by atoms with E-state index >= 15 is 0 Å². The molecular weight excluding hydrogens is 785 g/mol. The van der Waals surface area contributed by atoms with Crippen molar-refractivity contribution in [1.29, 1.82) is 0 Å². The number of rotatable bonds is 11. The third kappa shape index (κ3) is 11.9. The Morgan fingerprint density at radius 2 is 1.57 bits per heavy atom. The number of likely N-dealkylation sites (N-methyl/N-ethyl adjacent to an activating group) is 1. The van der Waals surface area contributed by atoms with Gasteiger partial charge in [-0.3, -0.25) is 9.69 Å². The summed E-state index contributed by atoms with van der Waals surface area (Å²) in [6, 6.07) is -0.191. The molecule has 358 valence electrons. The van der Waals surface area contributed by atoms with Crippen molar-refractivity contribution in [3.8, 4) is 0 Å². The van der Waals surface area contributed by atoms with Crippen LogP contribution in [0.5, 0.6) is 0 Å². The van der Waals surface area contributed by atoms with E-state index in [0.717, 1.165) is 39.1 Å². The number of carbonyl (C=O) groups excluding carboxylic acids is 1. The molecule has 0 unspecified atom stereocenters. The Morgan fingerprint density at radius 3 is 2.15 bits per heavy atom. The first-order valence-corrected chi connectivity index (χ1v) is 23.4. The largest absolute Gasteiger partial charge is 0.459 e. The summed E-state index contributed by atoms with van der Waals surface area (Å²) < 4.78 is 39.7. The lowest BCUT2D eigenvalue weighted by atomic mass is 9.72. The molecule has 15 nitrogen and oxygen atoms in total. The number of hydrogen-bond donors (Lipinski definition) is 5. The highest BCUT2D eigenvalue weighted by molar-refractivity contribution is 5.73. The van der Waals surface area contributed by atoms with E-state index in [1.807, 2.05) is 60.5 Å². The Kier molecular flexibility index (Phi) is 18.5. The molecule has 0 radical (unpaired) electrons. The number of nitrogens with one attached hydrogen (secondary N) is 1. The number of nitrogens with zero attached hydrogens (tertiary/aromatic N) is 3. The monoisotopic (exact) mass is 873 g/mol. The Balaban J connectivity index is 1.83. The quantitative estimate of drug-likeness (QED) is 0.191. The van der Waals surface area contributed by atoms with E-state index in [9.17, 15) is 25.2 Å². The molecule has 0 aromatic carbocycles. The number of hydrogen-bond acceptors (Lipinski definition) is 15. The molecule has 5 N–H and O–H groups in total. The second kappa shape index (κ2) is 21.5. The fourth-order valence-corrected chi connectivity index (χ4v) is 11.0. The molecule has 0 saturated carbocycles. The number of cyclic esters (lactones) is 1. The van der Waals surface area contributed by atoms with Gasteiger partial charge in [0.25, 0.3) is 0 Å². The molecule has 61 heavy (non-hydrogen) atoms. The number of ether oxygens (including phenoxy) is 6. The van der Waals surface area contributed by atoms with Gasteiger partial charge in [0, 0.05) is 70.8 Å². The van der Waals surface area contributed by atoms with Gasteiger partial charge in [0.15, 0.2) is 12.6 Å². The van der Waals surface area contributed by atoms with Crippen LogP contribution in [0.15, 0.2) is 0 Å². The molecule has 0 bridgehead atoms. The van der Waals surface area contributed by atoms with E-state index < -0.39 is 89.2 Å². The molecule has 4 heterocycles. The third-order valence-corrected chi connectivity index (χ3v) is 15.0. The van der Waals surface area contributed by atoms with Gasteiger partial charge in [0.2, 0.25) is 0 Å². The molecule has 17 atom stereocenters. The first-order chi connectivity index (χ1) is 28.4. The molecule has 0 spiro atoms. The minimum atomic E-state index is -1.75. The summed E-state index contributed by atoms with van der Waals surface area (Å²) in [4.78, 5) is 21.2. The lowest BCUT2D eigenvalue weighted by molar-refractivity contribution is -0.337. The topological polar surface area (TPSA) is 175 Å². The van der Waals surface area contributed by atoms with Crippen molar-refractivity contribution in [2.45, 2.75) is 199 Å². The van der Waals surface area contributed by atoms with E-state index in [-0.39, 0.29) is 36.9 Å². The maximum atomic E-state index is 14.6. The average Bonchev–Trinajstić information content (AvgIpc) is 3.19. The smallest absolute Gasteiger partial charge is 0.311 e. The molecule has 4 fully saturated rings. The summed E-state index contributed by atoms with van der Waals surface area (Å²) >= 11 is 0. The molecule has 0 aliphatic carbocycles. The highest BCUT2D eigenvalue weighted by Crippen LogP contribution is 2.45. The summed E-state index contributed by atoms with van der Waals surface area (Å²) in [5.41, 5.74) is -4.81. The minimum Gasteiger partial charge on any atom is -0.459 e. The molecule has 0 amide bonds. The summed E-state index contributed by atoms with van der Waals surface area (Å²) in [5, 5.41) is 51.4. The van der Waals surface area contributed by atoms with Crippen molar-refractivity contribution in [3.05, 3.63) is 0 Å². The summed E-state index contributed by atoms with van der Waals surface area (Å²) in [7, 11) is 5.50. The van der Waals surface area contributed by atoms with E-state index in [2.05, 4.69) is 42.8 Å². The van der Waals surface area contributed by atoms with Crippen LogP contribution >= 0.6 is 0 Å². The van der Waals surface area contributed by atoms with Crippen molar-refractivity contribution >= 4 is 5.97 Å². The second-order valence-electron chi connectivity index (χ2n) is 20.7. The Morgan fingerprint density at radius 1 is 0.934 bits per heavy atom. The normalized spacial score (nSPS) is 45.5. The van der Waals surface area contributed by atoms with Crippen LogP contribution in [0.1, 0.15) is 115 Å². The first kappa shape index (κ1) is 52.6. The Hall–Kier alpha value is -1.05. The number of esters is 1. The summed E-state index contributed by atoms with van der Waals surface area (Å²) in [6.45, 7) is 28.3. The van der Waals surface area contributed by atoms with Crippen LogP contribution in [0.3, 0.4) is 0 Å². The van der Waals surface area contributed by atoms with Crippen molar-refractivity contribution < 1.29 is 53.6 Å². The maximum Gasteiger partial charge on any atom is 0.311 e. The number of carbonyl (C=O) groups is 1. The van der Waals surface area contributed by atoms with Crippen LogP contribution in [0, 0.1) is 23.2 Å². The van der Waals surface area contributed by atoms with Crippen LogP contribution in [0.2, 0.25) is 0 Å². The number of aliphatic hydroxyl groups is 4. The number of methoxy groups -OCH3 is 1. The predicted octanol–water partition coefficient (Wildman–Crippen LogP) is 3.23. The fraction of sp³-hybridized carbons (Fsp3) is 0.978. The highest BCUT2D eigenvalue weighted by Gasteiger charge is 2.59. The van der Waals surface area contributed by atoms with Gasteiger partial charge in [0.05, 0.1) is 36.4 Å². The van der Waals surface area contributed by atoms with Gasteiger partial charge in [-0.25, -0.2) is 0 Å². The third-order valence-electron chi connectivity index (χ3n) is 15.0. The van der Waals surface area contributed by atoms with E-state index in [1.165, 1.54) is 0 Å². The van der Waals surface area contributed by atoms with E-state index in [1.54, 1.807) is 21.0 Å². The van der Waals surface area contributed by atoms with Crippen molar-refractivity contribution in [2.75, 3.05) is 67.0 Å². The molecular formula is C46H88N4O11.